The number of rotatable bonds is 7. The number of piperidine rings is 1. The number of carbonyl (C=O) groups excluding carboxylic acids is 1. The van der Waals surface area contributed by atoms with E-state index in [1.807, 2.05) is 0 Å². The number of nitrogens with one attached hydrogen (secondary N) is 1. The van der Waals surface area contributed by atoms with Crippen LogP contribution in [-0.4, -0.2) is 52.2 Å². The topological polar surface area (TPSA) is 96.8 Å². The van der Waals surface area contributed by atoms with E-state index < -0.39 is 17.3 Å². The summed E-state index contributed by atoms with van der Waals surface area (Å²) in [5, 5.41) is 14.1. The SMILES string of the molecule is C=CC(=O)N1CCC(Oc2cc3c(Nc4cc(C(F)(F)F)ccc4C(C)(C)O)ncnc3cc2OC)CC1. The van der Waals surface area contributed by atoms with Gasteiger partial charge in [-0.25, -0.2) is 9.97 Å². The summed E-state index contributed by atoms with van der Waals surface area (Å²) in [4.78, 5) is 22.1. The van der Waals surface area contributed by atoms with Gasteiger partial charge in [0.15, 0.2) is 11.5 Å². The predicted octanol–water partition coefficient (Wildman–Crippen LogP) is 5.18. The van der Waals surface area contributed by atoms with Gasteiger partial charge in [-0.2, -0.15) is 13.2 Å². The summed E-state index contributed by atoms with van der Waals surface area (Å²) in [7, 11) is 1.50. The Bertz CT molecular complexity index is 1350. The van der Waals surface area contributed by atoms with Crippen LogP contribution >= 0.6 is 0 Å². The van der Waals surface area contributed by atoms with Gasteiger partial charge in [-0.15, -0.1) is 0 Å². The van der Waals surface area contributed by atoms with Gasteiger partial charge in [0.2, 0.25) is 5.91 Å². The first kappa shape index (κ1) is 27.2. The zero-order valence-electron chi connectivity index (χ0n) is 21.3. The van der Waals surface area contributed by atoms with Gasteiger partial charge in [0.25, 0.3) is 0 Å². The molecular weight excluding hydrogens is 501 g/mol. The lowest BCUT2D eigenvalue weighted by Crippen LogP contribution is -2.41. The van der Waals surface area contributed by atoms with E-state index in [0.29, 0.717) is 48.3 Å². The van der Waals surface area contributed by atoms with Crippen molar-refractivity contribution in [3.8, 4) is 11.5 Å². The molecule has 4 rings (SSSR count). The molecule has 2 aromatic carbocycles. The van der Waals surface area contributed by atoms with E-state index in [-0.39, 0.29) is 29.1 Å². The average molecular weight is 531 g/mol. The van der Waals surface area contributed by atoms with Crippen molar-refractivity contribution in [2.75, 3.05) is 25.5 Å². The minimum Gasteiger partial charge on any atom is -0.493 e. The van der Waals surface area contributed by atoms with Crippen molar-refractivity contribution in [1.82, 2.24) is 14.9 Å². The fourth-order valence-electron chi connectivity index (χ4n) is 4.40. The maximum absolute atomic E-state index is 13.5. The number of methoxy groups -OCH3 is 1. The molecule has 1 aromatic heterocycles. The highest BCUT2D eigenvalue weighted by atomic mass is 19.4. The lowest BCUT2D eigenvalue weighted by molar-refractivity contribution is -0.137. The quantitative estimate of drug-likeness (QED) is 0.406. The average Bonchev–Trinajstić information content (AvgIpc) is 2.87. The molecule has 202 valence electrons. The third-order valence-corrected chi connectivity index (χ3v) is 6.40. The van der Waals surface area contributed by atoms with Crippen molar-refractivity contribution in [1.29, 1.82) is 0 Å². The van der Waals surface area contributed by atoms with Gasteiger partial charge in [0.05, 0.1) is 23.8 Å². The maximum Gasteiger partial charge on any atom is 0.416 e. The number of anilines is 2. The van der Waals surface area contributed by atoms with Crippen LogP contribution in [-0.2, 0) is 16.6 Å². The molecule has 1 aliphatic rings. The summed E-state index contributed by atoms with van der Waals surface area (Å²) >= 11 is 0. The largest absolute Gasteiger partial charge is 0.493 e. The Labute approximate surface area is 218 Å². The van der Waals surface area contributed by atoms with Crippen LogP contribution in [0.4, 0.5) is 24.7 Å². The number of halogens is 3. The summed E-state index contributed by atoms with van der Waals surface area (Å²) < 4.78 is 52.1. The lowest BCUT2D eigenvalue weighted by atomic mass is 9.94. The first-order valence-corrected chi connectivity index (χ1v) is 12.0. The molecule has 0 unspecified atom stereocenters. The number of benzene rings is 2. The number of hydrogen-bond acceptors (Lipinski definition) is 7. The molecule has 1 amide bonds. The zero-order chi connectivity index (χ0) is 27.7. The fraction of sp³-hybridized carbons (Fsp3) is 0.370. The summed E-state index contributed by atoms with van der Waals surface area (Å²) in [6, 6.07) is 6.46. The second-order valence-electron chi connectivity index (χ2n) is 9.53. The van der Waals surface area contributed by atoms with Crippen LogP contribution in [0.3, 0.4) is 0 Å². The molecule has 8 nitrogen and oxygen atoms in total. The van der Waals surface area contributed by atoms with Crippen LogP contribution in [0, 0.1) is 0 Å². The van der Waals surface area contributed by atoms with E-state index in [0.717, 1.165) is 12.1 Å². The molecule has 2 N–H and O–H groups in total. The number of nitrogens with zero attached hydrogens (tertiary/aromatic N) is 3. The highest BCUT2D eigenvalue weighted by Gasteiger charge is 2.33. The van der Waals surface area contributed by atoms with Crippen LogP contribution in [0.15, 0.2) is 49.3 Å². The summed E-state index contributed by atoms with van der Waals surface area (Å²) in [6.45, 7) is 7.55. The number of ether oxygens (including phenoxy) is 2. The molecule has 0 saturated carbocycles. The number of hydrogen-bond donors (Lipinski definition) is 2. The first-order valence-electron chi connectivity index (χ1n) is 12.0. The summed E-state index contributed by atoms with van der Waals surface area (Å²) in [5.41, 5.74) is -1.48. The van der Waals surface area contributed by atoms with Crippen LogP contribution < -0.4 is 14.8 Å². The number of alkyl halides is 3. The Balaban J connectivity index is 1.70. The lowest BCUT2D eigenvalue weighted by Gasteiger charge is -2.31. The van der Waals surface area contributed by atoms with Gasteiger partial charge in [0, 0.05) is 48.6 Å². The zero-order valence-corrected chi connectivity index (χ0v) is 21.3. The van der Waals surface area contributed by atoms with Gasteiger partial charge < -0.3 is 24.8 Å². The van der Waals surface area contributed by atoms with Gasteiger partial charge in [-0.1, -0.05) is 12.6 Å². The Hall–Kier alpha value is -3.86. The number of aromatic nitrogens is 2. The van der Waals surface area contributed by atoms with E-state index in [1.165, 1.54) is 39.4 Å². The van der Waals surface area contributed by atoms with E-state index in [4.69, 9.17) is 9.47 Å². The molecule has 38 heavy (non-hydrogen) atoms. The number of aliphatic hydroxyl groups is 1. The van der Waals surface area contributed by atoms with E-state index >= 15 is 0 Å². The minimum absolute atomic E-state index is 0.0601. The van der Waals surface area contributed by atoms with E-state index in [1.54, 1.807) is 17.0 Å². The van der Waals surface area contributed by atoms with Gasteiger partial charge in [0.1, 0.15) is 18.2 Å². The molecule has 1 fully saturated rings. The predicted molar refractivity (Wildman–Crippen MR) is 136 cm³/mol. The smallest absolute Gasteiger partial charge is 0.416 e. The molecule has 0 bridgehead atoms. The minimum atomic E-state index is -4.57. The molecule has 0 atom stereocenters. The third kappa shape index (κ3) is 5.83. The van der Waals surface area contributed by atoms with Crippen LogP contribution in [0.25, 0.3) is 10.9 Å². The Morgan fingerprint density at radius 2 is 1.87 bits per heavy atom. The standard InChI is InChI=1S/C27H29F3N4O4/c1-5-24(35)34-10-8-17(9-11-34)38-23-13-18-20(14-22(23)37-4)31-15-32-25(18)33-21-12-16(27(28,29)30)6-7-19(21)26(2,3)36/h5-7,12-15,17,36H,1,8-11H2,2-4H3,(H,31,32,33). The first-order chi connectivity index (χ1) is 17.9. The molecule has 1 aliphatic heterocycles. The van der Waals surface area contributed by atoms with Crippen LogP contribution in [0.1, 0.15) is 37.8 Å². The van der Waals surface area contributed by atoms with Crippen LogP contribution in [0.2, 0.25) is 0 Å². The Morgan fingerprint density at radius 3 is 2.47 bits per heavy atom. The van der Waals surface area contributed by atoms with Crippen molar-refractivity contribution in [2.45, 2.75) is 44.6 Å². The molecule has 0 spiro atoms. The van der Waals surface area contributed by atoms with Gasteiger partial charge in [-0.05, 0) is 38.1 Å². The van der Waals surface area contributed by atoms with Crippen molar-refractivity contribution in [3.63, 3.8) is 0 Å². The van der Waals surface area contributed by atoms with Crippen molar-refractivity contribution in [3.05, 3.63) is 60.4 Å². The number of fused-ring (bicyclic) bond motifs is 1. The molecule has 1 saturated heterocycles. The second-order valence-corrected chi connectivity index (χ2v) is 9.53. The molecule has 2 heterocycles. The molecule has 11 heteroatoms. The van der Waals surface area contributed by atoms with E-state index in [2.05, 4.69) is 21.9 Å². The Morgan fingerprint density at radius 1 is 1.16 bits per heavy atom. The van der Waals surface area contributed by atoms with Gasteiger partial charge >= 0.3 is 6.18 Å². The van der Waals surface area contributed by atoms with Crippen molar-refractivity contribution in [2.24, 2.45) is 0 Å². The maximum atomic E-state index is 13.5. The summed E-state index contributed by atoms with van der Waals surface area (Å²) in [5.74, 6) is 0.958. The highest BCUT2D eigenvalue weighted by Crippen LogP contribution is 2.39. The van der Waals surface area contributed by atoms with Crippen LogP contribution in [0.5, 0.6) is 11.5 Å². The highest BCUT2D eigenvalue weighted by molar-refractivity contribution is 5.93. The normalized spacial score (nSPS) is 14.9. The monoisotopic (exact) mass is 530 g/mol. The number of carbonyl (C=O) groups is 1. The van der Waals surface area contributed by atoms with Crippen molar-refractivity contribution < 1.29 is 32.5 Å². The third-order valence-electron chi connectivity index (χ3n) is 6.40. The van der Waals surface area contributed by atoms with E-state index in [9.17, 15) is 23.1 Å². The summed E-state index contributed by atoms with van der Waals surface area (Å²) in [6.07, 6.45) is -0.958. The molecule has 0 aliphatic carbocycles. The molecule has 3 aromatic rings. The van der Waals surface area contributed by atoms with Gasteiger partial charge in [-0.3, -0.25) is 4.79 Å². The number of amides is 1. The molecular formula is C27H29F3N4O4. The second kappa shape index (κ2) is 10.5. The fourth-order valence-corrected chi connectivity index (χ4v) is 4.40. The number of likely N-dealkylation sites (tertiary alicyclic amines) is 1. The van der Waals surface area contributed by atoms with Crippen molar-refractivity contribution >= 4 is 28.3 Å². The Kier molecular flexibility index (Phi) is 7.50. The molecule has 0 radical (unpaired) electrons.